The fourth-order valence-electron chi connectivity index (χ4n) is 1.39. The maximum atomic E-state index is 10.7. The molecule has 1 aliphatic rings. The van der Waals surface area contributed by atoms with Crippen LogP contribution in [0.15, 0.2) is 6.20 Å². The third-order valence-electron chi connectivity index (χ3n) is 2.53. The molecule has 1 fully saturated rings. The van der Waals surface area contributed by atoms with Gasteiger partial charge in [0, 0.05) is 13.2 Å². The molecular formula is C10H13ClN4O3. The number of nitro groups is 1. The van der Waals surface area contributed by atoms with Crippen LogP contribution in [0.4, 0.5) is 11.5 Å². The largest absolute Gasteiger partial charge is 0.379 e. The molecule has 1 aromatic rings. The summed E-state index contributed by atoms with van der Waals surface area (Å²) in [5.41, 5.74) is -0.193. The first-order valence-corrected chi connectivity index (χ1v) is 6.03. The maximum Gasteiger partial charge on any atom is 0.329 e. The molecule has 2 rings (SSSR count). The van der Waals surface area contributed by atoms with Crippen LogP contribution >= 0.6 is 11.6 Å². The first-order chi connectivity index (χ1) is 8.66. The summed E-state index contributed by atoms with van der Waals surface area (Å²) in [7, 11) is 0. The molecule has 0 aromatic carbocycles. The fourth-order valence-corrected chi connectivity index (χ4v) is 1.53. The predicted molar refractivity (Wildman–Crippen MR) is 65.7 cm³/mol. The summed E-state index contributed by atoms with van der Waals surface area (Å²) >= 11 is 5.60. The molecule has 0 radical (unpaired) electrons. The van der Waals surface area contributed by atoms with Gasteiger partial charge in [-0.05, 0) is 30.4 Å². The Labute approximate surface area is 109 Å². The highest BCUT2D eigenvalue weighted by atomic mass is 35.5. The smallest absolute Gasteiger partial charge is 0.329 e. The molecule has 18 heavy (non-hydrogen) atoms. The molecule has 0 bridgehead atoms. The third kappa shape index (κ3) is 3.78. The van der Waals surface area contributed by atoms with Crippen molar-refractivity contribution >= 4 is 23.1 Å². The van der Waals surface area contributed by atoms with E-state index in [1.165, 1.54) is 12.8 Å². The number of ether oxygens (including phenoxy) is 1. The standard InChI is InChI=1S/C10H13ClN4O3/c11-10-13-5-8(15(16)17)9(14-10)12-3-4-18-6-7-1-2-7/h5,7H,1-4,6H2,(H,12,13,14). The van der Waals surface area contributed by atoms with Crippen molar-refractivity contribution in [2.45, 2.75) is 12.8 Å². The van der Waals surface area contributed by atoms with Gasteiger partial charge in [-0.3, -0.25) is 10.1 Å². The molecule has 0 spiro atoms. The van der Waals surface area contributed by atoms with Gasteiger partial charge >= 0.3 is 5.69 Å². The van der Waals surface area contributed by atoms with E-state index in [1.54, 1.807) is 0 Å². The number of rotatable bonds is 7. The lowest BCUT2D eigenvalue weighted by atomic mass is 10.4. The number of hydrogen-bond donors (Lipinski definition) is 1. The van der Waals surface area contributed by atoms with E-state index in [0.717, 1.165) is 12.8 Å². The van der Waals surface area contributed by atoms with E-state index in [1.807, 2.05) is 0 Å². The Kier molecular flexibility index (Phi) is 4.27. The molecule has 0 unspecified atom stereocenters. The average molecular weight is 273 g/mol. The van der Waals surface area contributed by atoms with E-state index in [9.17, 15) is 10.1 Å². The van der Waals surface area contributed by atoms with Crippen LogP contribution < -0.4 is 5.32 Å². The molecule has 7 nitrogen and oxygen atoms in total. The summed E-state index contributed by atoms with van der Waals surface area (Å²) < 4.78 is 5.40. The van der Waals surface area contributed by atoms with E-state index in [0.29, 0.717) is 19.1 Å². The topological polar surface area (TPSA) is 90.2 Å². The average Bonchev–Trinajstić information content (AvgIpc) is 3.12. The molecule has 8 heteroatoms. The van der Waals surface area contributed by atoms with Gasteiger partial charge in [0.1, 0.15) is 6.20 Å². The minimum atomic E-state index is -0.552. The summed E-state index contributed by atoms with van der Waals surface area (Å²) in [6.45, 7) is 1.69. The lowest BCUT2D eigenvalue weighted by molar-refractivity contribution is -0.384. The normalized spacial score (nSPS) is 14.5. The SMILES string of the molecule is O=[N+]([O-])c1cnc(Cl)nc1NCCOCC1CC1. The second-order valence-electron chi connectivity index (χ2n) is 4.08. The number of halogens is 1. The number of anilines is 1. The minimum Gasteiger partial charge on any atom is -0.379 e. The van der Waals surface area contributed by atoms with Gasteiger partial charge in [0.2, 0.25) is 11.1 Å². The zero-order chi connectivity index (χ0) is 13.0. The molecule has 0 saturated heterocycles. The monoisotopic (exact) mass is 272 g/mol. The van der Waals surface area contributed by atoms with Crippen LogP contribution in [0.1, 0.15) is 12.8 Å². The maximum absolute atomic E-state index is 10.7. The van der Waals surface area contributed by atoms with Crippen LogP contribution in [0.2, 0.25) is 5.28 Å². The third-order valence-corrected chi connectivity index (χ3v) is 2.71. The zero-order valence-corrected chi connectivity index (χ0v) is 10.4. The Morgan fingerprint density at radius 1 is 1.61 bits per heavy atom. The van der Waals surface area contributed by atoms with E-state index in [2.05, 4.69) is 15.3 Å². The molecule has 0 amide bonds. The molecule has 1 heterocycles. The highest BCUT2D eigenvalue weighted by molar-refractivity contribution is 6.28. The first kappa shape index (κ1) is 13.0. The van der Waals surface area contributed by atoms with Gasteiger partial charge in [-0.25, -0.2) is 4.98 Å². The Morgan fingerprint density at radius 2 is 2.39 bits per heavy atom. The van der Waals surface area contributed by atoms with Crippen LogP contribution in [-0.2, 0) is 4.74 Å². The van der Waals surface area contributed by atoms with Gasteiger partial charge in [0.05, 0.1) is 11.5 Å². The first-order valence-electron chi connectivity index (χ1n) is 5.65. The molecule has 1 N–H and O–H groups in total. The highest BCUT2D eigenvalue weighted by Gasteiger charge is 2.21. The Balaban J connectivity index is 1.82. The molecule has 1 aliphatic carbocycles. The second kappa shape index (κ2) is 5.92. The molecule has 98 valence electrons. The van der Waals surface area contributed by atoms with E-state index < -0.39 is 4.92 Å². The molecule has 0 aliphatic heterocycles. The van der Waals surface area contributed by atoms with Gasteiger partial charge in [0.25, 0.3) is 0 Å². The van der Waals surface area contributed by atoms with Crippen LogP contribution in [0.3, 0.4) is 0 Å². The fraction of sp³-hybridized carbons (Fsp3) is 0.600. The summed E-state index contributed by atoms with van der Waals surface area (Å²) in [5.74, 6) is 0.822. The van der Waals surface area contributed by atoms with Crippen molar-refractivity contribution < 1.29 is 9.66 Å². The Morgan fingerprint density at radius 3 is 3.06 bits per heavy atom. The van der Waals surface area contributed by atoms with Crippen molar-refractivity contribution in [3.05, 3.63) is 21.6 Å². The number of hydrogen-bond acceptors (Lipinski definition) is 6. The van der Waals surface area contributed by atoms with Crippen molar-refractivity contribution in [1.82, 2.24) is 9.97 Å². The van der Waals surface area contributed by atoms with Crippen molar-refractivity contribution in [3.63, 3.8) is 0 Å². The molecule has 1 saturated carbocycles. The van der Waals surface area contributed by atoms with Crippen molar-refractivity contribution in [3.8, 4) is 0 Å². The number of aromatic nitrogens is 2. The van der Waals surface area contributed by atoms with Gasteiger partial charge in [-0.2, -0.15) is 4.98 Å². The van der Waals surface area contributed by atoms with Crippen LogP contribution in [0.25, 0.3) is 0 Å². The van der Waals surface area contributed by atoms with Gasteiger partial charge in [-0.15, -0.1) is 0 Å². The van der Waals surface area contributed by atoms with Gasteiger partial charge < -0.3 is 10.1 Å². The number of nitrogens with one attached hydrogen (secondary N) is 1. The predicted octanol–water partition coefficient (Wildman–Crippen LogP) is 1.88. The van der Waals surface area contributed by atoms with Crippen molar-refractivity contribution in [2.24, 2.45) is 5.92 Å². The molecular weight excluding hydrogens is 260 g/mol. The summed E-state index contributed by atoms with van der Waals surface area (Å²) in [4.78, 5) is 17.5. The van der Waals surface area contributed by atoms with Crippen molar-refractivity contribution in [1.29, 1.82) is 0 Å². The molecule has 1 aromatic heterocycles. The van der Waals surface area contributed by atoms with E-state index in [-0.39, 0.29) is 16.8 Å². The van der Waals surface area contributed by atoms with Crippen LogP contribution in [-0.4, -0.2) is 34.6 Å². The summed E-state index contributed by atoms with van der Waals surface area (Å²) in [5, 5.41) is 13.5. The Hall–Kier alpha value is -1.47. The summed E-state index contributed by atoms with van der Waals surface area (Å²) in [6.07, 6.45) is 3.56. The lowest BCUT2D eigenvalue weighted by Crippen LogP contribution is -2.13. The highest BCUT2D eigenvalue weighted by Crippen LogP contribution is 2.28. The van der Waals surface area contributed by atoms with Crippen molar-refractivity contribution in [2.75, 3.05) is 25.1 Å². The minimum absolute atomic E-state index is 0.0259. The van der Waals surface area contributed by atoms with Gasteiger partial charge in [-0.1, -0.05) is 0 Å². The lowest BCUT2D eigenvalue weighted by Gasteiger charge is -2.06. The quantitative estimate of drug-likeness (QED) is 0.353. The second-order valence-corrected chi connectivity index (χ2v) is 4.41. The zero-order valence-electron chi connectivity index (χ0n) is 9.63. The summed E-state index contributed by atoms with van der Waals surface area (Å²) in [6, 6.07) is 0. The van der Waals surface area contributed by atoms with E-state index in [4.69, 9.17) is 16.3 Å². The van der Waals surface area contributed by atoms with Crippen LogP contribution in [0.5, 0.6) is 0 Å². The Bertz CT molecular complexity index is 439. The van der Waals surface area contributed by atoms with Gasteiger partial charge in [0.15, 0.2) is 0 Å². The number of nitrogens with zero attached hydrogens (tertiary/aromatic N) is 3. The van der Waals surface area contributed by atoms with Crippen LogP contribution in [0, 0.1) is 16.0 Å². The molecule has 0 atom stereocenters. The van der Waals surface area contributed by atoms with E-state index >= 15 is 0 Å².